The van der Waals surface area contributed by atoms with E-state index in [-0.39, 0.29) is 11.4 Å². The largest absolute Gasteiger partial charge is 0.348 e. The monoisotopic (exact) mass is 332 g/mol. The molecule has 0 aliphatic rings. The Balaban J connectivity index is 1.92. The summed E-state index contributed by atoms with van der Waals surface area (Å²) in [6, 6.07) is 12.6. The summed E-state index contributed by atoms with van der Waals surface area (Å²) in [5, 5.41) is 1.02. The van der Waals surface area contributed by atoms with E-state index in [0.29, 0.717) is 0 Å². The molecule has 0 aliphatic heterocycles. The minimum absolute atomic E-state index is 0.0526. The highest BCUT2D eigenvalue weighted by molar-refractivity contribution is 7.89. The zero-order valence-corrected chi connectivity index (χ0v) is 13.7. The summed E-state index contributed by atoms with van der Waals surface area (Å²) in [6.45, 7) is 2.15. The molecule has 6 heteroatoms. The van der Waals surface area contributed by atoms with Crippen molar-refractivity contribution >= 4 is 20.9 Å². The molecular formula is C17H17FN2O2S. The summed E-state index contributed by atoms with van der Waals surface area (Å²) in [5.41, 5.74) is 3.00. The van der Waals surface area contributed by atoms with Crippen LogP contribution in [0.2, 0.25) is 0 Å². The lowest BCUT2D eigenvalue weighted by molar-refractivity contribution is 0.580. The second-order valence-corrected chi connectivity index (χ2v) is 7.19. The quantitative estimate of drug-likeness (QED) is 0.798. The molecule has 0 spiro atoms. The third-order valence-electron chi connectivity index (χ3n) is 4.09. The Hall–Kier alpha value is -2.18. The Labute approximate surface area is 134 Å². The number of fused-ring (bicyclic) bond motifs is 1. The van der Waals surface area contributed by atoms with Crippen LogP contribution in [-0.2, 0) is 23.6 Å². The first-order valence-electron chi connectivity index (χ1n) is 7.18. The lowest BCUT2D eigenvalue weighted by Gasteiger charge is -2.07. The van der Waals surface area contributed by atoms with Crippen molar-refractivity contribution < 1.29 is 12.8 Å². The van der Waals surface area contributed by atoms with Gasteiger partial charge in [-0.05, 0) is 42.8 Å². The molecule has 0 saturated carbocycles. The molecule has 23 heavy (non-hydrogen) atoms. The highest BCUT2D eigenvalue weighted by Crippen LogP contribution is 2.25. The van der Waals surface area contributed by atoms with Crippen LogP contribution in [0.25, 0.3) is 10.9 Å². The molecule has 3 aromatic rings. The molecule has 4 nitrogen and oxygen atoms in total. The van der Waals surface area contributed by atoms with Gasteiger partial charge >= 0.3 is 0 Å². The van der Waals surface area contributed by atoms with Gasteiger partial charge in [-0.2, -0.15) is 0 Å². The van der Waals surface area contributed by atoms with Crippen molar-refractivity contribution in [2.45, 2.75) is 18.4 Å². The fourth-order valence-corrected chi connectivity index (χ4v) is 3.68. The maximum absolute atomic E-state index is 12.9. The zero-order valence-electron chi connectivity index (χ0n) is 12.9. The van der Waals surface area contributed by atoms with Gasteiger partial charge in [-0.3, -0.25) is 0 Å². The molecule has 0 bridgehead atoms. The van der Waals surface area contributed by atoms with E-state index in [1.165, 1.54) is 12.1 Å². The van der Waals surface area contributed by atoms with E-state index in [1.54, 1.807) is 0 Å². The van der Waals surface area contributed by atoms with Crippen molar-refractivity contribution in [2.24, 2.45) is 7.05 Å². The van der Waals surface area contributed by atoms with Crippen molar-refractivity contribution in [3.63, 3.8) is 0 Å². The smallest absolute Gasteiger partial charge is 0.240 e. The summed E-state index contributed by atoms with van der Waals surface area (Å²) in [4.78, 5) is 0.0526. The topological polar surface area (TPSA) is 51.1 Å². The van der Waals surface area contributed by atoms with Gasteiger partial charge in [-0.15, -0.1) is 0 Å². The van der Waals surface area contributed by atoms with Gasteiger partial charge in [-0.25, -0.2) is 17.5 Å². The molecule has 120 valence electrons. The third kappa shape index (κ3) is 2.87. The molecule has 0 fully saturated rings. The number of nitrogens with zero attached hydrogens (tertiary/aromatic N) is 1. The summed E-state index contributed by atoms with van der Waals surface area (Å²) >= 11 is 0. The first-order chi connectivity index (χ1) is 10.9. The summed E-state index contributed by atoms with van der Waals surface area (Å²) < 4.78 is 42.2. The number of benzene rings is 2. The highest BCUT2D eigenvalue weighted by atomic mass is 32.2. The van der Waals surface area contributed by atoms with Crippen molar-refractivity contribution in [3.05, 3.63) is 65.6 Å². The number of para-hydroxylation sites is 1. The maximum Gasteiger partial charge on any atom is 0.240 e. The van der Waals surface area contributed by atoms with Crippen LogP contribution in [0.1, 0.15) is 11.3 Å². The van der Waals surface area contributed by atoms with Crippen LogP contribution in [0, 0.1) is 12.7 Å². The molecule has 0 aliphatic carbocycles. The number of halogens is 1. The van der Waals surface area contributed by atoms with E-state index in [2.05, 4.69) is 4.72 Å². The molecule has 3 rings (SSSR count). The average Bonchev–Trinajstić information content (AvgIpc) is 2.78. The molecule has 2 aromatic carbocycles. The second kappa shape index (κ2) is 5.79. The molecule has 0 saturated heterocycles. The summed E-state index contributed by atoms with van der Waals surface area (Å²) in [5.74, 6) is -0.464. The predicted octanol–water partition coefficient (Wildman–Crippen LogP) is 3.10. The van der Waals surface area contributed by atoms with Crippen LogP contribution < -0.4 is 4.72 Å². The van der Waals surface area contributed by atoms with Crippen LogP contribution >= 0.6 is 0 Å². The molecule has 1 N–H and O–H groups in total. The van der Waals surface area contributed by atoms with Gasteiger partial charge in [-0.1, -0.05) is 18.2 Å². The minimum Gasteiger partial charge on any atom is -0.348 e. The van der Waals surface area contributed by atoms with Gasteiger partial charge in [0, 0.05) is 30.2 Å². The van der Waals surface area contributed by atoms with Crippen LogP contribution in [0.4, 0.5) is 4.39 Å². The molecule has 1 aromatic heterocycles. The maximum atomic E-state index is 12.9. The minimum atomic E-state index is -3.68. The molecule has 0 unspecified atom stereocenters. The zero-order chi connectivity index (χ0) is 16.6. The number of aromatic nitrogens is 1. The lowest BCUT2D eigenvalue weighted by Crippen LogP contribution is -2.23. The normalized spacial score (nSPS) is 12.0. The van der Waals surface area contributed by atoms with Gasteiger partial charge in [0.05, 0.1) is 4.90 Å². The van der Waals surface area contributed by atoms with Gasteiger partial charge in [0.2, 0.25) is 10.0 Å². The van der Waals surface area contributed by atoms with Crippen molar-refractivity contribution in [2.75, 3.05) is 0 Å². The molecular weight excluding hydrogens is 315 g/mol. The Bertz CT molecular complexity index is 960. The number of hydrogen-bond acceptors (Lipinski definition) is 2. The fraction of sp³-hybridized carbons (Fsp3) is 0.176. The van der Waals surface area contributed by atoms with Crippen molar-refractivity contribution in [1.82, 2.24) is 9.29 Å². The number of rotatable bonds is 4. The molecule has 0 radical (unpaired) electrons. The average molecular weight is 332 g/mol. The molecule has 0 atom stereocenters. The van der Waals surface area contributed by atoms with Gasteiger partial charge in [0.1, 0.15) is 5.82 Å². The van der Waals surface area contributed by atoms with Crippen LogP contribution in [-0.4, -0.2) is 13.0 Å². The number of nitrogens with one attached hydrogen (secondary N) is 1. The SMILES string of the molecule is Cc1c(CNS(=O)(=O)c2ccc(F)cc2)c2ccccc2n1C. The highest BCUT2D eigenvalue weighted by Gasteiger charge is 2.17. The third-order valence-corrected chi connectivity index (χ3v) is 5.51. The number of hydrogen-bond donors (Lipinski definition) is 1. The second-order valence-electron chi connectivity index (χ2n) is 5.42. The van der Waals surface area contributed by atoms with Crippen molar-refractivity contribution in [1.29, 1.82) is 0 Å². The van der Waals surface area contributed by atoms with E-state index in [4.69, 9.17) is 0 Å². The first-order valence-corrected chi connectivity index (χ1v) is 8.66. The van der Waals surface area contributed by atoms with Crippen LogP contribution in [0.15, 0.2) is 53.4 Å². The summed E-state index contributed by atoms with van der Waals surface area (Å²) in [6.07, 6.45) is 0. The number of sulfonamides is 1. The fourth-order valence-electron chi connectivity index (χ4n) is 2.69. The van der Waals surface area contributed by atoms with E-state index in [9.17, 15) is 12.8 Å². The predicted molar refractivity (Wildman–Crippen MR) is 88.1 cm³/mol. The molecule has 1 heterocycles. The van der Waals surface area contributed by atoms with Gasteiger partial charge in [0.15, 0.2) is 0 Å². The Morgan fingerprint density at radius 3 is 2.43 bits per heavy atom. The lowest BCUT2D eigenvalue weighted by atomic mass is 10.1. The Morgan fingerprint density at radius 1 is 1.09 bits per heavy atom. The van der Waals surface area contributed by atoms with Gasteiger partial charge < -0.3 is 4.57 Å². The van der Waals surface area contributed by atoms with Crippen LogP contribution in [0.5, 0.6) is 0 Å². The van der Waals surface area contributed by atoms with E-state index in [0.717, 1.165) is 34.3 Å². The van der Waals surface area contributed by atoms with Gasteiger partial charge in [0.25, 0.3) is 0 Å². The van der Waals surface area contributed by atoms with E-state index in [1.807, 2.05) is 42.8 Å². The van der Waals surface area contributed by atoms with E-state index >= 15 is 0 Å². The van der Waals surface area contributed by atoms with Crippen LogP contribution in [0.3, 0.4) is 0 Å². The first kappa shape index (κ1) is 15.7. The Morgan fingerprint density at radius 2 is 1.74 bits per heavy atom. The van der Waals surface area contributed by atoms with Crippen molar-refractivity contribution in [3.8, 4) is 0 Å². The number of aryl methyl sites for hydroxylation is 1. The van der Waals surface area contributed by atoms with E-state index < -0.39 is 15.8 Å². The standard InChI is InChI=1S/C17H17FN2O2S/c1-12-16(15-5-3-4-6-17(15)20(12)2)11-19-23(21,22)14-9-7-13(18)8-10-14/h3-10,19H,11H2,1-2H3. The molecule has 0 amide bonds. The Kier molecular flexibility index (Phi) is 3.95. The summed E-state index contributed by atoms with van der Waals surface area (Å²) in [7, 11) is -1.72.